The second kappa shape index (κ2) is 12.7. The zero-order chi connectivity index (χ0) is 31.6. The molecule has 3 unspecified atom stereocenters. The maximum Gasteiger partial charge on any atom is 0.352 e. The lowest BCUT2D eigenvalue weighted by molar-refractivity contribution is -0.959. The van der Waals surface area contributed by atoms with Gasteiger partial charge in [-0.1, -0.05) is 49.2 Å². The van der Waals surface area contributed by atoms with Crippen molar-refractivity contribution < 1.29 is 33.1 Å². The summed E-state index contributed by atoms with van der Waals surface area (Å²) in [5, 5.41) is 0. The van der Waals surface area contributed by atoms with Crippen molar-refractivity contribution in [2.24, 2.45) is 11.7 Å². The van der Waals surface area contributed by atoms with Gasteiger partial charge < -0.3 is 19.9 Å². The summed E-state index contributed by atoms with van der Waals surface area (Å²) in [5.74, 6) is -0.723. The highest BCUT2D eigenvalue weighted by Gasteiger charge is 2.59. The summed E-state index contributed by atoms with van der Waals surface area (Å²) >= 11 is 0. The molecule has 2 aliphatic carbocycles. The second-order valence-corrected chi connectivity index (χ2v) is 13.2. The van der Waals surface area contributed by atoms with Crippen LogP contribution in [0.1, 0.15) is 66.1 Å². The molecule has 1 saturated carbocycles. The zero-order valence-electron chi connectivity index (χ0n) is 26.0. The summed E-state index contributed by atoms with van der Waals surface area (Å²) in [4.78, 5) is 42.4. The Hall–Kier alpha value is -4.08. The third-order valence-electron chi connectivity index (χ3n) is 10.3. The number of pyridine rings is 1. The number of likely N-dealkylation sites (N-methyl/N-ethyl adjacent to an activating group) is 1. The van der Waals surface area contributed by atoms with E-state index in [1.54, 1.807) is 18.3 Å². The molecule has 236 valence electrons. The van der Waals surface area contributed by atoms with Crippen LogP contribution in [0.25, 0.3) is 0 Å². The third kappa shape index (κ3) is 6.24. The number of hydrogen-bond donors (Lipinski definition) is 1. The average Bonchev–Trinajstić information content (AvgIpc) is 3.06. The van der Waals surface area contributed by atoms with Crippen molar-refractivity contribution in [2.45, 2.75) is 75.5 Å². The minimum absolute atomic E-state index is 0.00761. The summed E-state index contributed by atoms with van der Waals surface area (Å²) in [7, 11) is 2.22. The van der Waals surface area contributed by atoms with E-state index in [0.29, 0.717) is 40.9 Å². The molecule has 3 aliphatic rings. The molecule has 3 aromatic rings. The minimum atomic E-state index is -1.10. The number of fused-ring (bicyclic) bond motifs is 1. The van der Waals surface area contributed by atoms with Crippen molar-refractivity contribution in [2.75, 3.05) is 20.3 Å². The molecule has 9 heteroatoms. The van der Waals surface area contributed by atoms with Crippen LogP contribution in [-0.2, 0) is 37.3 Å². The van der Waals surface area contributed by atoms with E-state index in [4.69, 9.17) is 19.9 Å². The van der Waals surface area contributed by atoms with E-state index in [2.05, 4.69) is 18.1 Å². The highest BCUT2D eigenvalue weighted by atomic mass is 16.6. The topological polar surface area (TPSA) is 118 Å². The van der Waals surface area contributed by atoms with Crippen LogP contribution in [-0.4, -0.2) is 65.9 Å². The van der Waals surface area contributed by atoms with Crippen LogP contribution in [0.5, 0.6) is 5.75 Å². The van der Waals surface area contributed by atoms with E-state index < -0.39 is 24.1 Å². The molecule has 6 rings (SSSR count). The molecule has 1 saturated heterocycles. The molecule has 2 N–H and O–H groups in total. The summed E-state index contributed by atoms with van der Waals surface area (Å²) in [6.07, 6.45) is 8.78. The van der Waals surface area contributed by atoms with Crippen molar-refractivity contribution in [1.82, 2.24) is 4.98 Å². The number of benzene rings is 2. The van der Waals surface area contributed by atoms with Crippen molar-refractivity contribution in [3.05, 3.63) is 95.3 Å². The normalized spacial score (nSPS) is 26.4. The predicted octanol–water partition coefficient (Wildman–Crippen LogP) is 4.51. The van der Waals surface area contributed by atoms with Gasteiger partial charge in [0.2, 0.25) is 6.73 Å². The Kier molecular flexibility index (Phi) is 8.75. The Balaban J connectivity index is 1.14. The maximum atomic E-state index is 13.0. The van der Waals surface area contributed by atoms with E-state index in [0.717, 1.165) is 44.2 Å². The van der Waals surface area contributed by atoms with Crippen LogP contribution < -0.4 is 10.5 Å². The van der Waals surface area contributed by atoms with Gasteiger partial charge in [-0.05, 0) is 67.1 Å². The smallest absolute Gasteiger partial charge is 0.352 e. The van der Waals surface area contributed by atoms with E-state index >= 15 is 0 Å². The molecule has 9 nitrogen and oxygen atoms in total. The van der Waals surface area contributed by atoms with Gasteiger partial charge >= 0.3 is 17.9 Å². The minimum Gasteiger partial charge on any atom is -0.449 e. The van der Waals surface area contributed by atoms with Crippen molar-refractivity contribution in [1.29, 1.82) is 0 Å². The number of rotatable bonds is 9. The standard InChI is InChI=1S/C36H42N3O6/c1-24(44-35(42)31(37)19-25-9-4-3-5-10-25)33(40)45-28-14-13-26-20-32-29-12-6-7-15-36(29,30(26)21-28)16-18-39(32,2)23-43-34(41)27-11-8-17-38-22-27/h3-5,8-11,13-14,17,21-22,24,29,31-32H,6-7,12,15-16,18-20,23,37H2,1-2H3/q+1/t24?,29-,31?,32+,36+,39?/m0/s1. The highest BCUT2D eigenvalue weighted by molar-refractivity contribution is 5.88. The first-order valence-electron chi connectivity index (χ1n) is 15.9. The number of nitrogens with two attached hydrogens (primary N) is 1. The summed E-state index contributed by atoms with van der Waals surface area (Å²) in [6.45, 7) is 2.72. The Morgan fingerprint density at radius 3 is 2.64 bits per heavy atom. The number of esters is 3. The lowest BCUT2D eigenvalue weighted by Crippen LogP contribution is -2.69. The lowest BCUT2D eigenvalue weighted by Gasteiger charge is -2.60. The molecule has 2 heterocycles. The van der Waals surface area contributed by atoms with Gasteiger partial charge in [0.15, 0.2) is 6.10 Å². The number of likely N-dealkylation sites (tertiary alicyclic amines) is 1. The van der Waals surface area contributed by atoms with Crippen molar-refractivity contribution in [3.63, 3.8) is 0 Å². The molecule has 2 aromatic carbocycles. The molecule has 0 spiro atoms. The van der Waals surface area contributed by atoms with Crippen LogP contribution in [0, 0.1) is 5.92 Å². The van der Waals surface area contributed by atoms with Gasteiger partial charge in [0, 0.05) is 36.6 Å². The highest BCUT2D eigenvalue weighted by Crippen LogP contribution is 2.57. The van der Waals surface area contributed by atoms with Crippen LogP contribution >= 0.6 is 0 Å². The van der Waals surface area contributed by atoms with Gasteiger partial charge in [-0.25, -0.2) is 9.59 Å². The molecule has 1 aromatic heterocycles. The predicted molar refractivity (Wildman–Crippen MR) is 167 cm³/mol. The summed E-state index contributed by atoms with van der Waals surface area (Å²) in [5.41, 5.74) is 9.95. The second-order valence-electron chi connectivity index (χ2n) is 13.2. The van der Waals surface area contributed by atoms with E-state index in [9.17, 15) is 14.4 Å². The molecule has 2 bridgehead atoms. The number of carbonyl (C=O) groups excluding carboxylic acids is 3. The molecular formula is C36H42N3O6+. The molecule has 0 radical (unpaired) electrons. The molecule has 45 heavy (non-hydrogen) atoms. The molecule has 2 fully saturated rings. The molecule has 1 aliphatic heterocycles. The summed E-state index contributed by atoms with van der Waals surface area (Å²) < 4.78 is 17.7. The van der Waals surface area contributed by atoms with Crippen LogP contribution in [0.2, 0.25) is 0 Å². The van der Waals surface area contributed by atoms with E-state index in [1.807, 2.05) is 42.5 Å². The number of hydrogen-bond acceptors (Lipinski definition) is 8. The van der Waals surface area contributed by atoms with Crippen LogP contribution in [0.4, 0.5) is 0 Å². The van der Waals surface area contributed by atoms with E-state index in [-0.39, 0.29) is 11.4 Å². The molecule has 0 amide bonds. The lowest BCUT2D eigenvalue weighted by atomic mass is 9.52. The number of aromatic nitrogens is 1. The first kappa shape index (κ1) is 30.9. The number of quaternary nitrogens is 1. The third-order valence-corrected chi connectivity index (χ3v) is 10.3. The van der Waals surface area contributed by atoms with Crippen LogP contribution in [0.15, 0.2) is 73.1 Å². The van der Waals surface area contributed by atoms with E-state index in [1.165, 1.54) is 30.7 Å². The number of nitrogens with zero attached hydrogens (tertiary/aromatic N) is 2. The van der Waals surface area contributed by atoms with Gasteiger partial charge in [-0.15, -0.1) is 0 Å². The first-order chi connectivity index (χ1) is 21.7. The fourth-order valence-corrected chi connectivity index (χ4v) is 7.90. The fourth-order valence-electron chi connectivity index (χ4n) is 7.90. The van der Waals surface area contributed by atoms with Gasteiger partial charge in [0.25, 0.3) is 0 Å². The Bertz CT molecular complexity index is 1550. The average molecular weight is 613 g/mol. The monoisotopic (exact) mass is 612 g/mol. The quantitative estimate of drug-likeness (QED) is 0.213. The molecular weight excluding hydrogens is 570 g/mol. The van der Waals surface area contributed by atoms with Crippen LogP contribution in [0.3, 0.4) is 0 Å². The van der Waals surface area contributed by atoms with Gasteiger partial charge in [-0.2, -0.15) is 0 Å². The first-order valence-corrected chi connectivity index (χ1v) is 15.9. The molecule has 6 atom stereocenters. The summed E-state index contributed by atoms with van der Waals surface area (Å²) in [6, 6.07) is 18.3. The van der Waals surface area contributed by atoms with Gasteiger partial charge in [0.1, 0.15) is 11.8 Å². The Morgan fingerprint density at radius 2 is 1.87 bits per heavy atom. The maximum absolute atomic E-state index is 13.0. The van der Waals surface area contributed by atoms with Gasteiger partial charge in [0.05, 0.1) is 25.2 Å². The SMILES string of the molecule is CC(OC(=O)C(N)Cc1ccccc1)C(=O)Oc1ccc2c(c1)[C@@]13CCCC[C@H]1[C@@H](C2)[N+](C)(COC(=O)c1cccnc1)CC3. The number of carbonyl (C=O) groups is 3. The Labute approximate surface area is 264 Å². The van der Waals surface area contributed by atoms with Crippen molar-refractivity contribution in [3.8, 4) is 5.75 Å². The fraction of sp³-hybridized carbons (Fsp3) is 0.444. The van der Waals surface area contributed by atoms with Gasteiger partial charge in [-0.3, -0.25) is 14.3 Å². The Morgan fingerprint density at radius 1 is 1.04 bits per heavy atom. The van der Waals surface area contributed by atoms with Crippen molar-refractivity contribution >= 4 is 17.9 Å². The zero-order valence-corrected chi connectivity index (χ0v) is 26.0. The largest absolute Gasteiger partial charge is 0.449 e. The number of piperidine rings is 1. The number of ether oxygens (including phenoxy) is 3.